The highest BCUT2D eigenvalue weighted by Gasteiger charge is 2.17. The molecule has 1 saturated heterocycles. The van der Waals surface area contributed by atoms with Gasteiger partial charge in [-0.1, -0.05) is 29.5 Å². The highest BCUT2D eigenvalue weighted by atomic mass is 35.5. The third-order valence-corrected chi connectivity index (χ3v) is 3.46. The zero-order valence-corrected chi connectivity index (χ0v) is 11.2. The lowest BCUT2D eigenvalue weighted by molar-refractivity contribution is 0.130. The molecule has 1 unspecified atom stereocenters. The minimum absolute atomic E-state index is 0.290. The molecule has 1 fully saturated rings. The molecule has 0 aliphatic carbocycles. The van der Waals surface area contributed by atoms with Crippen LogP contribution in [0.3, 0.4) is 0 Å². The van der Waals surface area contributed by atoms with E-state index in [-0.39, 0.29) is 6.61 Å². The van der Waals surface area contributed by atoms with Crippen LogP contribution in [0.2, 0.25) is 5.02 Å². The first-order chi connectivity index (χ1) is 8.78. The summed E-state index contributed by atoms with van der Waals surface area (Å²) in [5.74, 6) is 6.73. The number of halogens is 1. The van der Waals surface area contributed by atoms with Crippen LogP contribution in [0.5, 0.6) is 0 Å². The van der Waals surface area contributed by atoms with E-state index < -0.39 is 0 Å². The summed E-state index contributed by atoms with van der Waals surface area (Å²) in [6.07, 6.45) is 2.29. The first-order valence-electron chi connectivity index (χ1n) is 6.35. The maximum absolute atomic E-state index is 9.17. The molecule has 2 rings (SSSR count). The van der Waals surface area contributed by atoms with Crippen LogP contribution in [0.15, 0.2) is 24.3 Å². The standard InChI is InChI=1S/C15H18ClNO/c16-15-7-1-4-13(10-15)5-2-8-17-9-3-6-14(11-17)12-18/h1,4,7,10,14,18H,3,6,8-9,11-12H2. The van der Waals surface area contributed by atoms with Crippen molar-refractivity contribution in [3.63, 3.8) is 0 Å². The van der Waals surface area contributed by atoms with E-state index in [1.54, 1.807) is 0 Å². The lowest BCUT2D eigenvalue weighted by atomic mass is 9.99. The zero-order chi connectivity index (χ0) is 12.8. The monoisotopic (exact) mass is 263 g/mol. The average Bonchev–Trinajstić information content (AvgIpc) is 2.39. The molecule has 96 valence electrons. The van der Waals surface area contributed by atoms with Crippen LogP contribution in [0.25, 0.3) is 0 Å². The molecule has 0 spiro atoms. The van der Waals surface area contributed by atoms with Crippen LogP contribution < -0.4 is 0 Å². The Hall–Kier alpha value is -1.01. The lowest BCUT2D eigenvalue weighted by Gasteiger charge is -2.30. The van der Waals surface area contributed by atoms with Crippen LogP contribution >= 0.6 is 11.6 Å². The van der Waals surface area contributed by atoms with Gasteiger partial charge in [0.25, 0.3) is 0 Å². The van der Waals surface area contributed by atoms with Crippen molar-refractivity contribution < 1.29 is 5.11 Å². The van der Waals surface area contributed by atoms with Crippen molar-refractivity contribution in [3.8, 4) is 11.8 Å². The molecule has 3 heteroatoms. The largest absolute Gasteiger partial charge is 0.396 e. The van der Waals surface area contributed by atoms with Gasteiger partial charge in [0.1, 0.15) is 0 Å². The molecule has 1 N–H and O–H groups in total. The minimum atomic E-state index is 0.290. The van der Waals surface area contributed by atoms with Gasteiger partial charge < -0.3 is 5.11 Å². The molecule has 0 saturated carbocycles. The van der Waals surface area contributed by atoms with Gasteiger partial charge in [0, 0.05) is 23.7 Å². The normalized spacial score (nSPS) is 20.2. The Morgan fingerprint density at radius 2 is 2.33 bits per heavy atom. The maximum atomic E-state index is 9.17. The van der Waals surface area contributed by atoms with E-state index in [0.29, 0.717) is 5.92 Å². The van der Waals surface area contributed by atoms with Gasteiger partial charge in [-0.2, -0.15) is 0 Å². The van der Waals surface area contributed by atoms with Crippen molar-refractivity contribution in [2.24, 2.45) is 5.92 Å². The summed E-state index contributed by atoms with van der Waals surface area (Å²) in [6.45, 7) is 3.10. The fourth-order valence-corrected chi connectivity index (χ4v) is 2.45. The smallest absolute Gasteiger partial charge is 0.0605 e. The Kier molecular flexibility index (Phi) is 5.07. The molecule has 1 aromatic carbocycles. The lowest BCUT2D eigenvalue weighted by Crippen LogP contribution is -2.36. The van der Waals surface area contributed by atoms with Crippen LogP contribution in [-0.4, -0.2) is 36.2 Å². The number of aliphatic hydroxyl groups excluding tert-OH is 1. The maximum Gasteiger partial charge on any atom is 0.0605 e. The summed E-state index contributed by atoms with van der Waals surface area (Å²) in [7, 11) is 0. The second-order valence-electron chi connectivity index (χ2n) is 4.74. The molecule has 1 aliphatic rings. The molecule has 18 heavy (non-hydrogen) atoms. The first kappa shape index (κ1) is 13.4. The van der Waals surface area contributed by atoms with E-state index in [1.165, 1.54) is 0 Å². The van der Waals surface area contributed by atoms with Crippen LogP contribution in [0.4, 0.5) is 0 Å². The summed E-state index contributed by atoms with van der Waals surface area (Å²) in [5.41, 5.74) is 0.957. The zero-order valence-electron chi connectivity index (χ0n) is 10.4. The summed E-state index contributed by atoms with van der Waals surface area (Å²) in [5, 5.41) is 9.89. The third-order valence-electron chi connectivity index (χ3n) is 3.22. The van der Waals surface area contributed by atoms with Crippen molar-refractivity contribution in [2.75, 3.05) is 26.2 Å². The van der Waals surface area contributed by atoms with Crippen LogP contribution in [0, 0.1) is 17.8 Å². The van der Waals surface area contributed by atoms with Crippen LogP contribution in [0.1, 0.15) is 18.4 Å². The molecule has 0 amide bonds. The number of hydrogen-bond acceptors (Lipinski definition) is 2. The molecule has 0 radical (unpaired) electrons. The van der Waals surface area contributed by atoms with E-state index in [4.69, 9.17) is 16.7 Å². The highest BCUT2D eigenvalue weighted by molar-refractivity contribution is 6.30. The summed E-state index contributed by atoms with van der Waals surface area (Å²) in [4.78, 5) is 2.31. The van der Waals surface area contributed by atoms with Gasteiger partial charge in [-0.25, -0.2) is 0 Å². The number of hydrogen-bond donors (Lipinski definition) is 1. The van der Waals surface area contributed by atoms with Crippen molar-refractivity contribution in [2.45, 2.75) is 12.8 Å². The predicted molar refractivity (Wildman–Crippen MR) is 74.6 cm³/mol. The van der Waals surface area contributed by atoms with E-state index in [9.17, 15) is 0 Å². The number of likely N-dealkylation sites (tertiary alicyclic amines) is 1. The molecule has 2 nitrogen and oxygen atoms in total. The molecule has 1 aliphatic heterocycles. The van der Waals surface area contributed by atoms with Crippen molar-refractivity contribution in [1.82, 2.24) is 4.90 Å². The topological polar surface area (TPSA) is 23.5 Å². The van der Waals surface area contributed by atoms with Crippen molar-refractivity contribution >= 4 is 11.6 Å². The Morgan fingerprint density at radius 3 is 3.11 bits per heavy atom. The number of piperidine rings is 1. The molecular weight excluding hydrogens is 246 g/mol. The Labute approximate surface area is 114 Å². The molecule has 1 aromatic rings. The van der Waals surface area contributed by atoms with E-state index in [2.05, 4.69) is 16.7 Å². The van der Waals surface area contributed by atoms with Gasteiger partial charge in [0.15, 0.2) is 0 Å². The molecule has 0 aromatic heterocycles. The van der Waals surface area contributed by atoms with Crippen LogP contribution in [-0.2, 0) is 0 Å². The van der Waals surface area contributed by atoms with E-state index in [1.807, 2.05) is 24.3 Å². The second-order valence-corrected chi connectivity index (χ2v) is 5.17. The quantitative estimate of drug-likeness (QED) is 0.829. The SMILES string of the molecule is OCC1CCCN(CC#Cc2cccc(Cl)c2)C1. The number of aliphatic hydroxyl groups is 1. The number of rotatable bonds is 2. The second kappa shape index (κ2) is 6.80. The van der Waals surface area contributed by atoms with Gasteiger partial charge in [-0.3, -0.25) is 4.90 Å². The fourth-order valence-electron chi connectivity index (χ4n) is 2.26. The van der Waals surface area contributed by atoms with Crippen molar-refractivity contribution in [1.29, 1.82) is 0 Å². The Morgan fingerprint density at radius 1 is 1.44 bits per heavy atom. The van der Waals surface area contributed by atoms with E-state index in [0.717, 1.165) is 43.1 Å². The predicted octanol–water partition coefficient (Wildman–Crippen LogP) is 2.40. The van der Waals surface area contributed by atoms with Gasteiger partial charge in [-0.05, 0) is 43.5 Å². The highest BCUT2D eigenvalue weighted by Crippen LogP contribution is 2.15. The van der Waals surface area contributed by atoms with Gasteiger partial charge in [-0.15, -0.1) is 0 Å². The molecular formula is C15H18ClNO. The average molecular weight is 264 g/mol. The summed E-state index contributed by atoms with van der Waals surface area (Å²) >= 11 is 5.90. The molecule has 0 bridgehead atoms. The van der Waals surface area contributed by atoms with Gasteiger partial charge in [0.05, 0.1) is 6.54 Å². The summed E-state index contributed by atoms with van der Waals surface area (Å²) in [6, 6.07) is 7.60. The molecule has 1 heterocycles. The Balaban J connectivity index is 1.88. The minimum Gasteiger partial charge on any atom is -0.396 e. The Bertz CT molecular complexity index is 449. The third kappa shape index (κ3) is 4.03. The summed E-state index contributed by atoms with van der Waals surface area (Å²) < 4.78 is 0. The fraction of sp³-hybridized carbons (Fsp3) is 0.467. The van der Waals surface area contributed by atoms with E-state index >= 15 is 0 Å². The van der Waals surface area contributed by atoms with Crippen molar-refractivity contribution in [3.05, 3.63) is 34.9 Å². The first-order valence-corrected chi connectivity index (χ1v) is 6.73. The number of nitrogens with zero attached hydrogens (tertiary/aromatic N) is 1. The van der Waals surface area contributed by atoms with Gasteiger partial charge >= 0.3 is 0 Å². The van der Waals surface area contributed by atoms with Gasteiger partial charge in [0.2, 0.25) is 0 Å². The molecule has 1 atom stereocenters. The number of benzene rings is 1.